The minimum absolute atomic E-state index is 0.174. The fourth-order valence-corrected chi connectivity index (χ4v) is 10.8. The maximum Gasteiger partial charge on any atom is 0.453 e. The van der Waals surface area contributed by atoms with Gasteiger partial charge in [0.1, 0.15) is 11.5 Å². The second-order valence-corrected chi connectivity index (χ2v) is 17.1. The van der Waals surface area contributed by atoms with Crippen molar-refractivity contribution >= 4 is 22.7 Å². The van der Waals surface area contributed by atoms with Crippen LogP contribution >= 0.6 is 0 Å². The number of ether oxygens (including phenoxy) is 1. The third kappa shape index (κ3) is 7.91. The van der Waals surface area contributed by atoms with Crippen molar-refractivity contribution in [2.75, 3.05) is 24.6 Å². The van der Waals surface area contributed by atoms with Crippen LogP contribution in [0.4, 0.5) is 26.7 Å². The van der Waals surface area contributed by atoms with E-state index in [-0.39, 0.29) is 46.7 Å². The molecule has 6 nitrogen and oxygen atoms in total. The van der Waals surface area contributed by atoms with E-state index in [0.717, 1.165) is 43.2 Å². The molecule has 1 aromatic carbocycles. The van der Waals surface area contributed by atoms with E-state index in [1.165, 1.54) is 11.1 Å². The van der Waals surface area contributed by atoms with Crippen molar-refractivity contribution < 1.29 is 40.5 Å². The highest BCUT2D eigenvalue weighted by Crippen LogP contribution is 2.62. The van der Waals surface area contributed by atoms with E-state index in [0.29, 0.717) is 62.6 Å². The summed E-state index contributed by atoms with van der Waals surface area (Å²) in [4.78, 5) is 32.5. The van der Waals surface area contributed by atoms with Gasteiger partial charge in [-0.15, -0.1) is 0 Å². The number of nitrogens with zero attached hydrogens (tertiary/aromatic N) is 2. The number of aromatic nitrogens is 1. The summed E-state index contributed by atoms with van der Waals surface area (Å²) in [6, 6.07) is 8.30. The van der Waals surface area contributed by atoms with Gasteiger partial charge in [-0.05, 0) is 134 Å². The number of aryl methyl sites for hydroxylation is 1. The quantitative estimate of drug-likeness (QED) is 0.215. The van der Waals surface area contributed by atoms with Crippen LogP contribution < -0.4 is 4.74 Å². The van der Waals surface area contributed by atoms with Gasteiger partial charge in [-0.3, -0.25) is 14.0 Å². The van der Waals surface area contributed by atoms with Gasteiger partial charge in [0.2, 0.25) is 0 Å². The van der Waals surface area contributed by atoms with Crippen molar-refractivity contribution in [2.45, 2.75) is 115 Å². The smallest absolute Gasteiger partial charge is 0.410 e. The molecule has 0 radical (unpaired) electrons. The molecule has 2 saturated carbocycles. The van der Waals surface area contributed by atoms with Crippen LogP contribution in [0.5, 0.6) is 5.75 Å². The van der Waals surface area contributed by atoms with Crippen LogP contribution in [0, 0.1) is 23.2 Å². The molecular weight excluding hydrogens is 687 g/mol. The molecular formula is C39H49F5N2O4S. The molecule has 6 rings (SSSR count). The largest absolute Gasteiger partial charge is 0.453 e. The Kier molecular flexibility index (Phi) is 11.3. The second kappa shape index (κ2) is 15.2. The number of ketones is 1. The SMILES string of the molecule is CCc1cc2c(cc1OC(=O)N1CCC(c3ccncc3)CC1)C[C@@H](CCCS(=O)CCCC(F)(F)C(F)(F)F)[C@@H]1[C@@H]2CC[C@]2(C)C(=O)CC[C@@H]12. The van der Waals surface area contributed by atoms with Gasteiger partial charge in [0.25, 0.3) is 0 Å². The fraction of sp³-hybridized carbons (Fsp3) is 0.667. The lowest BCUT2D eigenvalue weighted by atomic mass is 9.52. The molecule has 3 aliphatic carbocycles. The summed E-state index contributed by atoms with van der Waals surface area (Å²) < 4.78 is 83.2. The van der Waals surface area contributed by atoms with Crippen molar-refractivity contribution in [2.24, 2.45) is 23.2 Å². The van der Waals surface area contributed by atoms with E-state index >= 15 is 0 Å². The van der Waals surface area contributed by atoms with Crippen molar-refractivity contribution in [3.05, 3.63) is 58.9 Å². The van der Waals surface area contributed by atoms with Gasteiger partial charge in [0.15, 0.2) is 0 Å². The lowest BCUT2D eigenvalue weighted by Gasteiger charge is -2.52. The minimum Gasteiger partial charge on any atom is -0.410 e. The number of halogens is 5. The third-order valence-electron chi connectivity index (χ3n) is 12.5. The average Bonchev–Trinajstić information content (AvgIpc) is 3.41. The van der Waals surface area contributed by atoms with Crippen LogP contribution in [0.3, 0.4) is 0 Å². The summed E-state index contributed by atoms with van der Waals surface area (Å²) >= 11 is 0. The minimum atomic E-state index is -5.60. The number of piperidine rings is 1. The van der Waals surface area contributed by atoms with Crippen molar-refractivity contribution in [3.63, 3.8) is 0 Å². The lowest BCUT2D eigenvalue weighted by Crippen LogP contribution is -2.46. The zero-order chi connectivity index (χ0) is 36.6. The van der Waals surface area contributed by atoms with Gasteiger partial charge in [-0.1, -0.05) is 19.9 Å². The number of likely N-dealkylation sites (tertiary alicyclic amines) is 1. The van der Waals surface area contributed by atoms with E-state index in [2.05, 4.69) is 24.9 Å². The standard InChI is InChI=1S/C39H49F5N2O4S/c1-3-25-23-31-29(24-33(25)50-36(48)46-18-12-27(13-19-46)26-10-16-45-17-11-26)22-28(35-30(31)9-15-37(2)32(35)7-8-34(37)47)6-4-20-51(49)21-5-14-38(40,41)39(42,43)44/h10-11,16-17,23-24,27-28,30,32,35H,3-9,12-15,18-22H2,1-2H3/t28-,30-,32+,35-,37+,51?/m1/s1. The van der Waals surface area contributed by atoms with Gasteiger partial charge in [0.05, 0.1) is 0 Å². The predicted molar refractivity (Wildman–Crippen MR) is 185 cm³/mol. The number of hydrogen-bond acceptors (Lipinski definition) is 5. The molecule has 1 aliphatic heterocycles. The molecule has 0 bridgehead atoms. The highest BCUT2D eigenvalue weighted by Gasteiger charge is 2.57. The molecule has 6 atom stereocenters. The topological polar surface area (TPSA) is 76.6 Å². The molecule has 1 unspecified atom stereocenters. The number of fused-ring (bicyclic) bond motifs is 5. The van der Waals surface area contributed by atoms with Crippen LogP contribution in [0.1, 0.15) is 112 Å². The van der Waals surface area contributed by atoms with Gasteiger partial charge in [-0.2, -0.15) is 22.0 Å². The number of carbonyl (C=O) groups is 2. The first-order valence-corrected chi connectivity index (χ1v) is 20.1. The molecule has 4 aliphatic rings. The highest BCUT2D eigenvalue weighted by molar-refractivity contribution is 7.84. The molecule has 1 aromatic heterocycles. The summed E-state index contributed by atoms with van der Waals surface area (Å²) in [6.07, 6.45) is 3.29. The summed E-state index contributed by atoms with van der Waals surface area (Å²) in [5.41, 5.74) is 4.24. The summed E-state index contributed by atoms with van der Waals surface area (Å²) in [6.45, 7) is 5.38. The Hall–Kier alpha value is -2.89. The second-order valence-electron chi connectivity index (χ2n) is 15.4. The number of amides is 1. The van der Waals surface area contributed by atoms with E-state index in [1.807, 2.05) is 18.2 Å². The van der Waals surface area contributed by atoms with Gasteiger partial charge in [0, 0.05) is 66.0 Å². The first-order valence-electron chi connectivity index (χ1n) is 18.6. The van der Waals surface area contributed by atoms with E-state index in [1.54, 1.807) is 17.3 Å². The molecule has 2 aromatic rings. The Balaban J connectivity index is 1.15. The zero-order valence-corrected chi connectivity index (χ0v) is 30.3. The Morgan fingerprint density at radius 2 is 1.75 bits per heavy atom. The summed E-state index contributed by atoms with van der Waals surface area (Å²) in [7, 11) is -1.51. The van der Waals surface area contributed by atoms with Crippen molar-refractivity contribution in [3.8, 4) is 5.75 Å². The molecule has 0 N–H and O–H groups in total. The molecule has 51 heavy (non-hydrogen) atoms. The van der Waals surface area contributed by atoms with E-state index < -0.39 is 35.7 Å². The first kappa shape index (κ1) is 37.9. The number of alkyl halides is 5. The lowest BCUT2D eigenvalue weighted by molar-refractivity contribution is -0.284. The average molecular weight is 737 g/mol. The maximum absolute atomic E-state index is 13.5. The first-order chi connectivity index (χ1) is 24.2. The Morgan fingerprint density at radius 3 is 2.43 bits per heavy atom. The molecule has 0 spiro atoms. The summed E-state index contributed by atoms with van der Waals surface area (Å²) in [5.74, 6) is -2.58. The Bertz CT molecular complexity index is 1600. The van der Waals surface area contributed by atoms with Crippen LogP contribution in [0.15, 0.2) is 36.7 Å². The Labute approximate surface area is 299 Å². The van der Waals surface area contributed by atoms with E-state index in [4.69, 9.17) is 4.74 Å². The van der Waals surface area contributed by atoms with Crippen LogP contribution in [-0.2, 0) is 28.4 Å². The third-order valence-corrected chi connectivity index (χ3v) is 14.0. The predicted octanol–water partition coefficient (Wildman–Crippen LogP) is 9.18. The maximum atomic E-state index is 13.5. The van der Waals surface area contributed by atoms with Crippen LogP contribution in [0.2, 0.25) is 0 Å². The van der Waals surface area contributed by atoms with Crippen molar-refractivity contribution in [1.29, 1.82) is 0 Å². The monoisotopic (exact) mass is 736 g/mol. The fourth-order valence-electron chi connectivity index (χ4n) is 9.67. The normalized spacial score (nSPS) is 27.4. The van der Waals surface area contributed by atoms with Gasteiger partial charge < -0.3 is 9.64 Å². The Morgan fingerprint density at radius 1 is 1.04 bits per heavy atom. The number of rotatable bonds is 11. The van der Waals surface area contributed by atoms with Crippen LogP contribution in [-0.4, -0.2) is 62.7 Å². The molecule has 3 fully saturated rings. The molecule has 12 heteroatoms. The number of carbonyl (C=O) groups excluding carboxylic acids is 2. The van der Waals surface area contributed by atoms with Gasteiger partial charge >= 0.3 is 18.2 Å². The molecule has 1 amide bonds. The van der Waals surface area contributed by atoms with Crippen molar-refractivity contribution in [1.82, 2.24) is 9.88 Å². The van der Waals surface area contributed by atoms with E-state index in [9.17, 15) is 35.8 Å². The zero-order valence-electron chi connectivity index (χ0n) is 29.5. The summed E-state index contributed by atoms with van der Waals surface area (Å²) in [5, 5.41) is 0. The highest BCUT2D eigenvalue weighted by atomic mass is 32.2. The van der Waals surface area contributed by atoms with Crippen LogP contribution in [0.25, 0.3) is 0 Å². The number of Topliss-reactive ketones (excluding diaryl/α,β-unsaturated/α-hetero) is 1. The molecule has 2 heterocycles. The number of hydrogen-bond donors (Lipinski definition) is 0. The number of benzene rings is 1. The molecule has 1 saturated heterocycles. The molecule has 280 valence electrons. The van der Waals surface area contributed by atoms with Gasteiger partial charge in [-0.25, -0.2) is 4.79 Å². The number of pyridine rings is 1.